The van der Waals surface area contributed by atoms with Crippen molar-refractivity contribution in [2.24, 2.45) is 0 Å². The van der Waals surface area contributed by atoms with Crippen LogP contribution in [0.25, 0.3) is 0 Å². The van der Waals surface area contributed by atoms with Crippen molar-refractivity contribution < 1.29 is 14.7 Å². The van der Waals surface area contributed by atoms with Gasteiger partial charge in [0.2, 0.25) is 5.91 Å². The summed E-state index contributed by atoms with van der Waals surface area (Å²) >= 11 is 3.14. The van der Waals surface area contributed by atoms with Crippen LogP contribution in [0.3, 0.4) is 0 Å². The summed E-state index contributed by atoms with van der Waals surface area (Å²) < 4.78 is 0.519. The summed E-state index contributed by atoms with van der Waals surface area (Å²) in [6.07, 6.45) is 0. The van der Waals surface area contributed by atoms with Gasteiger partial charge < -0.3 is 20.6 Å². The van der Waals surface area contributed by atoms with Gasteiger partial charge in [-0.25, -0.2) is 0 Å². The molecule has 1 aliphatic rings. The molecule has 0 atom stereocenters. The number of aromatic hydroxyl groups is 1. The maximum Gasteiger partial charge on any atom is 0.251 e. The van der Waals surface area contributed by atoms with Crippen molar-refractivity contribution in [3.63, 3.8) is 0 Å². The maximum atomic E-state index is 11.9. The lowest BCUT2D eigenvalue weighted by Crippen LogP contribution is -2.49. The van der Waals surface area contributed by atoms with Crippen molar-refractivity contribution in [3.8, 4) is 5.75 Å². The van der Waals surface area contributed by atoms with E-state index in [1.165, 1.54) is 6.07 Å². The molecule has 2 amide bonds. The Balaban J connectivity index is 1.88. The van der Waals surface area contributed by atoms with Gasteiger partial charge in [0.05, 0.1) is 11.0 Å². The van der Waals surface area contributed by atoms with Gasteiger partial charge in [-0.2, -0.15) is 0 Å². The second-order valence-electron chi connectivity index (χ2n) is 4.48. The molecule has 7 heteroatoms. The van der Waals surface area contributed by atoms with Crippen LogP contribution >= 0.6 is 15.9 Å². The molecular weight excluding hydrogens is 326 g/mol. The first kappa shape index (κ1) is 14.8. The zero-order valence-electron chi connectivity index (χ0n) is 10.9. The number of hydrogen-bond donors (Lipinski definition) is 3. The number of phenolic OH excluding ortho intramolecular Hbond substituents is 1. The van der Waals surface area contributed by atoms with E-state index in [0.29, 0.717) is 23.1 Å². The van der Waals surface area contributed by atoms with E-state index in [2.05, 4.69) is 26.6 Å². The molecular formula is C13H16BrN3O3. The molecule has 0 aliphatic carbocycles. The molecule has 1 saturated heterocycles. The molecule has 0 spiro atoms. The summed E-state index contributed by atoms with van der Waals surface area (Å²) in [5.74, 6) is -0.483. The number of phenols is 1. The second kappa shape index (κ2) is 6.71. The van der Waals surface area contributed by atoms with Crippen LogP contribution in [0.15, 0.2) is 22.7 Å². The minimum Gasteiger partial charge on any atom is -0.507 e. The third-order valence-electron chi connectivity index (χ3n) is 3.08. The van der Waals surface area contributed by atoms with E-state index >= 15 is 0 Å². The van der Waals surface area contributed by atoms with Gasteiger partial charge in [0.25, 0.3) is 5.91 Å². The fourth-order valence-electron chi connectivity index (χ4n) is 1.94. The number of hydrogen-bond acceptors (Lipinski definition) is 4. The van der Waals surface area contributed by atoms with Crippen LogP contribution in [-0.2, 0) is 4.79 Å². The number of nitrogens with one attached hydrogen (secondary N) is 2. The van der Waals surface area contributed by atoms with Gasteiger partial charge in [-0.1, -0.05) is 0 Å². The first-order valence-electron chi connectivity index (χ1n) is 6.33. The molecule has 108 valence electrons. The monoisotopic (exact) mass is 341 g/mol. The van der Waals surface area contributed by atoms with Gasteiger partial charge in [0, 0.05) is 31.7 Å². The van der Waals surface area contributed by atoms with Gasteiger partial charge in [0.15, 0.2) is 0 Å². The summed E-state index contributed by atoms with van der Waals surface area (Å²) in [7, 11) is 0. The normalized spacial score (nSPS) is 14.9. The minimum atomic E-state index is -0.378. The average Bonchev–Trinajstić information content (AvgIpc) is 2.48. The Kier molecular flexibility index (Phi) is 4.97. The van der Waals surface area contributed by atoms with E-state index in [0.717, 1.165) is 13.1 Å². The van der Waals surface area contributed by atoms with E-state index in [1.54, 1.807) is 17.0 Å². The Labute approximate surface area is 125 Å². The van der Waals surface area contributed by atoms with Crippen LogP contribution < -0.4 is 10.6 Å². The third kappa shape index (κ3) is 3.71. The highest BCUT2D eigenvalue weighted by Crippen LogP contribution is 2.24. The van der Waals surface area contributed by atoms with E-state index in [1.807, 2.05) is 0 Å². The number of nitrogens with zero attached hydrogens (tertiary/aromatic N) is 1. The van der Waals surface area contributed by atoms with E-state index in [4.69, 9.17) is 0 Å². The Morgan fingerprint density at radius 1 is 1.35 bits per heavy atom. The molecule has 1 aromatic rings. The molecule has 0 bridgehead atoms. The Morgan fingerprint density at radius 3 is 2.70 bits per heavy atom. The number of piperazine rings is 1. The summed E-state index contributed by atoms with van der Waals surface area (Å²) in [5.41, 5.74) is 0.318. The fourth-order valence-corrected chi connectivity index (χ4v) is 2.18. The minimum absolute atomic E-state index is 0.00826. The molecule has 1 aromatic carbocycles. The van der Waals surface area contributed by atoms with E-state index in [9.17, 15) is 14.7 Å². The Morgan fingerprint density at radius 2 is 2.05 bits per heavy atom. The number of rotatable bonds is 3. The highest BCUT2D eigenvalue weighted by atomic mass is 79.9. The number of benzene rings is 1. The standard InChI is InChI=1S/C13H16BrN3O3/c14-10-2-1-9(7-11(10)18)13(20)16-8-12(19)17-5-3-15-4-6-17/h1-2,7,15,18H,3-6,8H2,(H,16,20). The molecule has 20 heavy (non-hydrogen) atoms. The topological polar surface area (TPSA) is 81.7 Å². The van der Waals surface area contributed by atoms with Gasteiger partial charge in [-0.3, -0.25) is 9.59 Å². The molecule has 6 nitrogen and oxygen atoms in total. The van der Waals surface area contributed by atoms with Gasteiger partial charge in [-0.05, 0) is 34.1 Å². The molecule has 1 aliphatic heterocycles. The van der Waals surface area contributed by atoms with Crippen LogP contribution in [-0.4, -0.2) is 54.5 Å². The van der Waals surface area contributed by atoms with Crippen LogP contribution in [0.5, 0.6) is 5.75 Å². The van der Waals surface area contributed by atoms with Crippen molar-refractivity contribution in [3.05, 3.63) is 28.2 Å². The van der Waals surface area contributed by atoms with Crippen molar-refractivity contribution in [1.82, 2.24) is 15.5 Å². The lowest BCUT2D eigenvalue weighted by Gasteiger charge is -2.27. The number of carbonyl (C=O) groups excluding carboxylic acids is 2. The van der Waals surface area contributed by atoms with Crippen molar-refractivity contribution >= 4 is 27.7 Å². The number of halogens is 1. The van der Waals surface area contributed by atoms with Crippen LogP contribution in [0.4, 0.5) is 0 Å². The molecule has 1 heterocycles. The summed E-state index contributed by atoms with van der Waals surface area (Å²) in [6, 6.07) is 4.52. The summed E-state index contributed by atoms with van der Waals surface area (Å²) in [4.78, 5) is 25.5. The molecule has 2 rings (SSSR count). The van der Waals surface area contributed by atoms with Crippen LogP contribution in [0, 0.1) is 0 Å². The van der Waals surface area contributed by atoms with Gasteiger partial charge >= 0.3 is 0 Å². The van der Waals surface area contributed by atoms with Crippen LogP contribution in [0.1, 0.15) is 10.4 Å². The quantitative estimate of drug-likeness (QED) is 0.739. The van der Waals surface area contributed by atoms with Gasteiger partial charge in [0.1, 0.15) is 5.75 Å². The first-order chi connectivity index (χ1) is 9.58. The predicted molar refractivity (Wildman–Crippen MR) is 77.6 cm³/mol. The second-order valence-corrected chi connectivity index (χ2v) is 5.33. The summed E-state index contributed by atoms with van der Waals surface area (Å²) in [5, 5.41) is 15.2. The van der Waals surface area contributed by atoms with Gasteiger partial charge in [-0.15, -0.1) is 0 Å². The molecule has 1 fully saturated rings. The largest absolute Gasteiger partial charge is 0.507 e. The molecule has 3 N–H and O–H groups in total. The van der Waals surface area contributed by atoms with E-state index < -0.39 is 0 Å². The molecule has 0 radical (unpaired) electrons. The number of carbonyl (C=O) groups is 2. The molecule has 0 unspecified atom stereocenters. The third-order valence-corrected chi connectivity index (χ3v) is 3.75. The maximum absolute atomic E-state index is 11.9. The van der Waals surface area contributed by atoms with E-state index in [-0.39, 0.29) is 24.1 Å². The Bertz CT molecular complexity index is 516. The highest BCUT2D eigenvalue weighted by Gasteiger charge is 2.17. The Hall–Kier alpha value is -1.60. The average molecular weight is 342 g/mol. The van der Waals surface area contributed by atoms with Crippen molar-refractivity contribution in [1.29, 1.82) is 0 Å². The zero-order chi connectivity index (χ0) is 14.5. The first-order valence-corrected chi connectivity index (χ1v) is 7.12. The highest BCUT2D eigenvalue weighted by molar-refractivity contribution is 9.10. The lowest BCUT2D eigenvalue weighted by molar-refractivity contribution is -0.130. The fraction of sp³-hybridized carbons (Fsp3) is 0.385. The van der Waals surface area contributed by atoms with Crippen molar-refractivity contribution in [2.45, 2.75) is 0 Å². The lowest BCUT2D eigenvalue weighted by atomic mass is 10.2. The zero-order valence-corrected chi connectivity index (χ0v) is 12.4. The smallest absolute Gasteiger partial charge is 0.251 e. The number of amides is 2. The SMILES string of the molecule is O=C(NCC(=O)N1CCNCC1)c1ccc(Br)c(O)c1. The predicted octanol–water partition coefficient (Wildman–Crippen LogP) is 0.316. The summed E-state index contributed by atoms with van der Waals surface area (Å²) in [6.45, 7) is 2.84. The molecule has 0 saturated carbocycles. The van der Waals surface area contributed by atoms with Crippen molar-refractivity contribution in [2.75, 3.05) is 32.7 Å². The molecule has 0 aromatic heterocycles. The van der Waals surface area contributed by atoms with Crippen LogP contribution in [0.2, 0.25) is 0 Å².